The van der Waals surface area contributed by atoms with Crippen LogP contribution in [0.4, 0.5) is 0 Å². The lowest BCUT2D eigenvalue weighted by Crippen LogP contribution is -2.02. The summed E-state index contributed by atoms with van der Waals surface area (Å²) >= 11 is 0. The molecule has 0 nitrogen and oxygen atoms in total. The van der Waals surface area contributed by atoms with Crippen LogP contribution in [0.15, 0.2) is 72.8 Å². The van der Waals surface area contributed by atoms with Gasteiger partial charge in [-0.15, -0.1) is 0 Å². The normalized spacial score (nSPS) is 13.6. The first-order chi connectivity index (χ1) is 14.3. The molecule has 0 aliphatic rings. The average Bonchev–Trinajstić information content (AvgIpc) is 2.74. The Morgan fingerprint density at radius 1 is 0.400 bits per heavy atom. The maximum atomic E-state index is 2.34. The van der Waals surface area contributed by atoms with Gasteiger partial charge in [0.2, 0.25) is 0 Å². The largest absolute Gasteiger partial charge is 0.0587 e. The zero-order valence-electron chi connectivity index (χ0n) is 19.7. The molecule has 0 saturated carbocycles. The summed E-state index contributed by atoms with van der Waals surface area (Å²) in [6.07, 6.45) is 2.19. The predicted octanol–water partition coefficient (Wildman–Crippen LogP) is 8.63. The van der Waals surface area contributed by atoms with Crippen LogP contribution < -0.4 is 0 Å². The zero-order chi connectivity index (χ0) is 21.7. The third kappa shape index (κ3) is 5.85. The fourth-order valence-electron chi connectivity index (χ4n) is 4.17. The van der Waals surface area contributed by atoms with Crippen LogP contribution in [-0.2, 0) is 12.8 Å². The highest BCUT2D eigenvalue weighted by Gasteiger charge is 2.11. The highest BCUT2D eigenvalue weighted by atomic mass is 14.2. The Bertz CT molecular complexity index is 817. The molecule has 3 rings (SSSR count). The van der Waals surface area contributed by atoms with Gasteiger partial charge in [-0.3, -0.25) is 0 Å². The molecule has 0 aromatic heterocycles. The van der Waals surface area contributed by atoms with Crippen molar-refractivity contribution in [3.63, 3.8) is 0 Å². The second-order valence-corrected chi connectivity index (χ2v) is 9.67. The molecule has 158 valence electrons. The summed E-state index contributed by atoms with van der Waals surface area (Å²) in [4.78, 5) is 0. The molecule has 0 aliphatic heterocycles. The van der Waals surface area contributed by atoms with Gasteiger partial charge in [-0.05, 0) is 69.9 Å². The fraction of sp³-hybridized carbons (Fsp3) is 0.400. The molecule has 3 aromatic rings. The lowest BCUT2D eigenvalue weighted by molar-refractivity contribution is 0.742. The van der Waals surface area contributed by atoms with Gasteiger partial charge in [0, 0.05) is 0 Å². The van der Waals surface area contributed by atoms with Gasteiger partial charge in [0.05, 0.1) is 0 Å². The molecule has 3 aromatic carbocycles. The molecule has 0 heterocycles. The minimum Gasteiger partial charge on any atom is -0.0587 e. The maximum Gasteiger partial charge on any atom is -0.0150 e. The Balaban J connectivity index is 1.60. The van der Waals surface area contributed by atoms with Crippen molar-refractivity contribution >= 4 is 0 Å². The van der Waals surface area contributed by atoms with Gasteiger partial charge in [0.25, 0.3) is 0 Å². The van der Waals surface area contributed by atoms with E-state index in [1.165, 1.54) is 33.4 Å². The molecule has 0 aliphatic carbocycles. The Morgan fingerprint density at radius 2 is 0.667 bits per heavy atom. The molecule has 2 unspecified atom stereocenters. The van der Waals surface area contributed by atoms with Gasteiger partial charge >= 0.3 is 0 Å². The first-order valence-corrected chi connectivity index (χ1v) is 11.6. The van der Waals surface area contributed by atoms with E-state index >= 15 is 0 Å². The van der Waals surface area contributed by atoms with E-state index in [2.05, 4.69) is 114 Å². The van der Waals surface area contributed by atoms with Crippen molar-refractivity contribution in [2.24, 2.45) is 0 Å². The fourth-order valence-corrected chi connectivity index (χ4v) is 4.17. The van der Waals surface area contributed by atoms with Crippen LogP contribution in [0.2, 0.25) is 0 Å². The molecule has 30 heavy (non-hydrogen) atoms. The Morgan fingerprint density at radius 3 is 0.933 bits per heavy atom. The summed E-state index contributed by atoms with van der Waals surface area (Å²) in [5, 5.41) is 0. The smallest absolute Gasteiger partial charge is 0.0150 e. The summed E-state index contributed by atoms with van der Waals surface area (Å²) in [6.45, 7) is 13.7. The van der Waals surface area contributed by atoms with E-state index in [1.807, 2.05) is 0 Å². The summed E-state index contributed by atoms with van der Waals surface area (Å²) in [7, 11) is 0. The first-order valence-electron chi connectivity index (χ1n) is 11.6. The van der Waals surface area contributed by atoms with Gasteiger partial charge in [0.15, 0.2) is 0 Å². The minimum absolute atomic E-state index is 0.530. The Hall–Kier alpha value is -2.34. The molecule has 0 radical (unpaired) electrons. The molecular formula is C30H38. The monoisotopic (exact) mass is 398 g/mol. The zero-order valence-corrected chi connectivity index (χ0v) is 19.7. The van der Waals surface area contributed by atoms with Gasteiger partial charge in [0.1, 0.15) is 0 Å². The van der Waals surface area contributed by atoms with Crippen LogP contribution in [-0.4, -0.2) is 0 Å². The first kappa shape index (κ1) is 22.3. The molecule has 0 fully saturated rings. The summed E-state index contributed by atoms with van der Waals surface area (Å²) in [6, 6.07) is 27.7. The van der Waals surface area contributed by atoms with Crippen molar-refractivity contribution in [3.8, 4) is 0 Å². The standard InChI is InChI=1S/C30H38/c1-21(2)27-11-7-25(8-12-27)19-23(5)29-15-17-30(18-16-29)24(6)20-26-9-13-28(14-10-26)22(3)4/h7-18,21-24H,19-20H2,1-6H3. The van der Waals surface area contributed by atoms with E-state index < -0.39 is 0 Å². The van der Waals surface area contributed by atoms with Crippen molar-refractivity contribution < 1.29 is 0 Å². The van der Waals surface area contributed by atoms with Gasteiger partial charge < -0.3 is 0 Å². The van der Waals surface area contributed by atoms with Crippen LogP contribution >= 0.6 is 0 Å². The van der Waals surface area contributed by atoms with E-state index in [0.717, 1.165) is 12.8 Å². The van der Waals surface area contributed by atoms with E-state index in [0.29, 0.717) is 23.7 Å². The third-order valence-corrected chi connectivity index (χ3v) is 6.45. The number of rotatable bonds is 8. The lowest BCUT2D eigenvalue weighted by atomic mass is 9.89. The summed E-state index contributed by atoms with van der Waals surface area (Å²) in [5.74, 6) is 2.25. The highest BCUT2D eigenvalue weighted by molar-refractivity contribution is 5.32. The van der Waals surface area contributed by atoms with Crippen molar-refractivity contribution in [2.75, 3.05) is 0 Å². The van der Waals surface area contributed by atoms with E-state index in [4.69, 9.17) is 0 Å². The van der Waals surface area contributed by atoms with Crippen molar-refractivity contribution in [3.05, 3.63) is 106 Å². The molecule has 2 atom stereocenters. The van der Waals surface area contributed by atoms with E-state index in [-0.39, 0.29) is 0 Å². The van der Waals surface area contributed by atoms with Gasteiger partial charge in [-0.25, -0.2) is 0 Å². The SMILES string of the molecule is CC(C)c1ccc(CC(C)c2ccc(C(C)Cc3ccc(C(C)C)cc3)cc2)cc1. The molecule has 0 spiro atoms. The van der Waals surface area contributed by atoms with Crippen LogP contribution in [0, 0.1) is 0 Å². The van der Waals surface area contributed by atoms with E-state index in [9.17, 15) is 0 Å². The van der Waals surface area contributed by atoms with Crippen LogP contribution in [0.1, 0.15) is 98.6 Å². The Kier molecular flexibility index (Phi) is 7.53. The quantitative estimate of drug-likeness (QED) is 0.356. The topological polar surface area (TPSA) is 0 Å². The molecular weight excluding hydrogens is 360 g/mol. The predicted molar refractivity (Wildman–Crippen MR) is 132 cm³/mol. The van der Waals surface area contributed by atoms with Crippen molar-refractivity contribution in [1.29, 1.82) is 0 Å². The second-order valence-electron chi connectivity index (χ2n) is 9.67. The molecule has 0 N–H and O–H groups in total. The number of hydrogen-bond donors (Lipinski definition) is 0. The summed E-state index contributed by atoms with van der Waals surface area (Å²) in [5.41, 5.74) is 8.55. The summed E-state index contributed by atoms with van der Waals surface area (Å²) < 4.78 is 0. The Labute approximate surface area is 184 Å². The molecule has 0 bridgehead atoms. The number of hydrogen-bond acceptors (Lipinski definition) is 0. The molecule has 0 amide bonds. The minimum atomic E-state index is 0.530. The average molecular weight is 399 g/mol. The van der Waals surface area contributed by atoms with E-state index in [1.54, 1.807) is 0 Å². The van der Waals surface area contributed by atoms with Crippen LogP contribution in [0.25, 0.3) is 0 Å². The lowest BCUT2D eigenvalue weighted by Gasteiger charge is -2.16. The second kappa shape index (κ2) is 10.1. The highest BCUT2D eigenvalue weighted by Crippen LogP contribution is 2.26. The third-order valence-electron chi connectivity index (χ3n) is 6.45. The van der Waals surface area contributed by atoms with Gasteiger partial charge in [-0.1, -0.05) is 114 Å². The maximum absolute atomic E-state index is 2.34. The van der Waals surface area contributed by atoms with Crippen molar-refractivity contribution in [1.82, 2.24) is 0 Å². The van der Waals surface area contributed by atoms with Crippen molar-refractivity contribution in [2.45, 2.75) is 78.1 Å². The molecule has 0 saturated heterocycles. The van der Waals surface area contributed by atoms with Crippen LogP contribution in [0.3, 0.4) is 0 Å². The van der Waals surface area contributed by atoms with Crippen LogP contribution in [0.5, 0.6) is 0 Å². The molecule has 0 heteroatoms. The van der Waals surface area contributed by atoms with Gasteiger partial charge in [-0.2, -0.15) is 0 Å². The number of benzene rings is 3.